The molecule has 0 spiro atoms. The highest BCUT2D eigenvalue weighted by atomic mass is 16.2. The quantitative estimate of drug-likeness (QED) is 0.661. The first kappa shape index (κ1) is 15.5. The summed E-state index contributed by atoms with van der Waals surface area (Å²) in [7, 11) is 1.83. The predicted octanol–water partition coefficient (Wildman–Crippen LogP) is 1.56. The molecule has 2 aromatic rings. The molecule has 1 aromatic heterocycles. The zero-order valence-corrected chi connectivity index (χ0v) is 13.0. The minimum Gasteiger partial charge on any atom is -0.351 e. The number of nitrogens with one attached hydrogen (secondary N) is 2. The number of hydrogen-bond donors (Lipinski definition) is 2. The van der Waals surface area contributed by atoms with Crippen LogP contribution in [0.15, 0.2) is 54.4 Å². The SMILES string of the molecule is Cn1cccc1/C=C1\NC(=O)N(CC(=O)Nc2ccccc2)C1=O. The number of rotatable bonds is 4. The standard InChI is InChI=1S/C17H16N4O3/c1-20-9-5-8-13(20)10-14-16(23)21(17(24)19-14)11-15(22)18-12-6-3-2-4-7-12/h2-10H,11H2,1H3,(H,18,22)(H,19,24)/b14-10-. The molecule has 1 aromatic carbocycles. The first-order valence-electron chi connectivity index (χ1n) is 7.35. The molecule has 1 saturated heterocycles. The van der Waals surface area contributed by atoms with Crippen molar-refractivity contribution in [2.75, 3.05) is 11.9 Å². The topological polar surface area (TPSA) is 83.4 Å². The Kier molecular flexibility index (Phi) is 4.15. The molecule has 1 fully saturated rings. The van der Waals surface area contributed by atoms with Gasteiger partial charge in [0.25, 0.3) is 5.91 Å². The summed E-state index contributed by atoms with van der Waals surface area (Å²) in [4.78, 5) is 37.2. The molecule has 1 aliphatic heterocycles. The Morgan fingerprint density at radius 2 is 1.92 bits per heavy atom. The van der Waals surface area contributed by atoms with Crippen molar-refractivity contribution in [3.05, 3.63) is 60.1 Å². The van der Waals surface area contributed by atoms with Gasteiger partial charge in [-0.15, -0.1) is 0 Å². The summed E-state index contributed by atoms with van der Waals surface area (Å²) >= 11 is 0. The number of carbonyl (C=O) groups excluding carboxylic acids is 3. The van der Waals surface area contributed by atoms with Crippen molar-refractivity contribution >= 4 is 29.6 Å². The maximum absolute atomic E-state index is 12.3. The molecule has 7 nitrogen and oxygen atoms in total. The van der Waals surface area contributed by atoms with Crippen molar-refractivity contribution in [2.24, 2.45) is 7.05 Å². The predicted molar refractivity (Wildman–Crippen MR) is 88.7 cm³/mol. The molecular formula is C17H16N4O3. The van der Waals surface area contributed by atoms with E-state index in [1.165, 1.54) is 0 Å². The number of amides is 4. The van der Waals surface area contributed by atoms with E-state index in [1.54, 1.807) is 30.3 Å². The average Bonchev–Trinajstić information content (AvgIpc) is 3.07. The van der Waals surface area contributed by atoms with Gasteiger partial charge in [0.2, 0.25) is 5.91 Å². The molecule has 2 N–H and O–H groups in total. The van der Waals surface area contributed by atoms with Gasteiger partial charge in [0.05, 0.1) is 0 Å². The van der Waals surface area contributed by atoms with E-state index in [1.807, 2.05) is 36.0 Å². The smallest absolute Gasteiger partial charge is 0.329 e. The fourth-order valence-corrected chi connectivity index (χ4v) is 2.35. The molecule has 0 aliphatic carbocycles. The van der Waals surface area contributed by atoms with Crippen LogP contribution in [-0.2, 0) is 16.6 Å². The number of nitrogens with zero attached hydrogens (tertiary/aromatic N) is 2. The summed E-state index contributed by atoms with van der Waals surface area (Å²) in [6.07, 6.45) is 3.41. The van der Waals surface area contributed by atoms with Crippen LogP contribution in [0.1, 0.15) is 5.69 Å². The van der Waals surface area contributed by atoms with Gasteiger partial charge in [-0.1, -0.05) is 18.2 Å². The number of anilines is 1. The largest absolute Gasteiger partial charge is 0.351 e. The van der Waals surface area contributed by atoms with Crippen molar-refractivity contribution in [1.82, 2.24) is 14.8 Å². The Bertz CT molecular complexity index is 823. The van der Waals surface area contributed by atoms with Crippen LogP contribution in [0.5, 0.6) is 0 Å². The summed E-state index contributed by atoms with van der Waals surface area (Å²) in [6.45, 7) is -0.343. The lowest BCUT2D eigenvalue weighted by atomic mass is 10.3. The van der Waals surface area contributed by atoms with Crippen LogP contribution < -0.4 is 10.6 Å². The maximum Gasteiger partial charge on any atom is 0.329 e. The van der Waals surface area contributed by atoms with Gasteiger partial charge in [-0.2, -0.15) is 0 Å². The van der Waals surface area contributed by atoms with Crippen LogP contribution >= 0.6 is 0 Å². The molecule has 1 aliphatic rings. The van der Waals surface area contributed by atoms with Crippen LogP contribution in [0.25, 0.3) is 6.08 Å². The van der Waals surface area contributed by atoms with Gasteiger partial charge in [-0.3, -0.25) is 9.59 Å². The Hall–Kier alpha value is -3.35. The highest BCUT2D eigenvalue weighted by Crippen LogP contribution is 2.14. The van der Waals surface area contributed by atoms with Crippen LogP contribution in [0.2, 0.25) is 0 Å². The van der Waals surface area contributed by atoms with E-state index in [0.717, 1.165) is 10.6 Å². The van der Waals surface area contributed by atoms with E-state index >= 15 is 0 Å². The number of carbonyl (C=O) groups is 3. The number of para-hydroxylation sites is 1. The summed E-state index contributed by atoms with van der Waals surface area (Å²) in [5, 5.41) is 5.14. The van der Waals surface area contributed by atoms with Crippen LogP contribution in [0.3, 0.4) is 0 Å². The number of aromatic nitrogens is 1. The fourth-order valence-electron chi connectivity index (χ4n) is 2.35. The highest BCUT2D eigenvalue weighted by molar-refractivity contribution is 6.15. The second-order valence-corrected chi connectivity index (χ2v) is 5.34. The molecule has 7 heteroatoms. The van der Waals surface area contributed by atoms with E-state index in [-0.39, 0.29) is 12.2 Å². The minimum atomic E-state index is -0.608. The second kappa shape index (κ2) is 6.41. The van der Waals surface area contributed by atoms with Crippen molar-refractivity contribution in [3.63, 3.8) is 0 Å². The number of benzene rings is 1. The van der Waals surface area contributed by atoms with Crippen LogP contribution in [0.4, 0.5) is 10.5 Å². The van der Waals surface area contributed by atoms with Gasteiger partial charge in [0, 0.05) is 24.6 Å². The molecular weight excluding hydrogens is 308 g/mol. The van der Waals surface area contributed by atoms with Gasteiger partial charge in [0.15, 0.2) is 0 Å². The third kappa shape index (κ3) is 3.19. The zero-order valence-electron chi connectivity index (χ0n) is 13.0. The Morgan fingerprint density at radius 1 is 1.17 bits per heavy atom. The molecule has 0 radical (unpaired) electrons. The van der Waals surface area contributed by atoms with E-state index < -0.39 is 17.8 Å². The number of aryl methyl sites for hydroxylation is 1. The third-order valence-corrected chi connectivity index (χ3v) is 3.60. The number of imide groups is 1. The van der Waals surface area contributed by atoms with E-state index in [0.29, 0.717) is 5.69 Å². The van der Waals surface area contributed by atoms with Gasteiger partial charge < -0.3 is 15.2 Å². The average molecular weight is 324 g/mol. The molecule has 4 amide bonds. The normalized spacial score (nSPS) is 15.7. The van der Waals surface area contributed by atoms with E-state index in [4.69, 9.17) is 0 Å². The lowest BCUT2D eigenvalue weighted by molar-refractivity contribution is -0.127. The Labute approximate surface area is 138 Å². The van der Waals surface area contributed by atoms with Crippen molar-refractivity contribution in [1.29, 1.82) is 0 Å². The Balaban J connectivity index is 1.69. The van der Waals surface area contributed by atoms with Crippen molar-refractivity contribution < 1.29 is 14.4 Å². The number of hydrogen-bond acceptors (Lipinski definition) is 3. The van der Waals surface area contributed by atoms with Crippen LogP contribution in [-0.4, -0.2) is 33.9 Å². The molecule has 24 heavy (non-hydrogen) atoms. The monoisotopic (exact) mass is 324 g/mol. The second-order valence-electron chi connectivity index (χ2n) is 5.34. The minimum absolute atomic E-state index is 0.148. The lowest BCUT2D eigenvalue weighted by Crippen LogP contribution is -2.38. The molecule has 122 valence electrons. The summed E-state index contributed by atoms with van der Waals surface area (Å²) in [6, 6.07) is 11.9. The highest BCUT2D eigenvalue weighted by Gasteiger charge is 2.35. The summed E-state index contributed by atoms with van der Waals surface area (Å²) in [5.41, 5.74) is 1.53. The third-order valence-electron chi connectivity index (χ3n) is 3.60. The van der Waals surface area contributed by atoms with Crippen LogP contribution in [0, 0.1) is 0 Å². The molecule has 0 atom stereocenters. The van der Waals surface area contributed by atoms with Gasteiger partial charge in [0.1, 0.15) is 12.2 Å². The van der Waals surface area contributed by atoms with Gasteiger partial charge >= 0.3 is 6.03 Å². The van der Waals surface area contributed by atoms with Gasteiger partial charge in [-0.25, -0.2) is 9.69 Å². The molecule has 0 saturated carbocycles. The Morgan fingerprint density at radius 3 is 2.58 bits per heavy atom. The van der Waals surface area contributed by atoms with Crippen molar-refractivity contribution in [3.8, 4) is 0 Å². The zero-order chi connectivity index (χ0) is 17.1. The van der Waals surface area contributed by atoms with E-state index in [9.17, 15) is 14.4 Å². The van der Waals surface area contributed by atoms with Gasteiger partial charge in [-0.05, 0) is 30.3 Å². The first-order valence-corrected chi connectivity index (χ1v) is 7.35. The summed E-state index contributed by atoms with van der Waals surface area (Å²) < 4.78 is 1.82. The van der Waals surface area contributed by atoms with E-state index in [2.05, 4.69) is 10.6 Å². The van der Waals surface area contributed by atoms with Crippen molar-refractivity contribution in [2.45, 2.75) is 0 Å². The molecule has 0 unspecified atom stereocenters. The maximum atomic E-state index is 12.3. The molecule has 3 rings (SSSR count). The number of urea groups is 1. The summed E-state index contributed by atoms with van der Waals surface area (Å²) in [5.74, 6) is -0.964. The molecule has 0 bridgehead atoms. The fraction of sp³-hybridized carbons (Fsp3) is 0.118. The lowest BCUT2D eigenvalue weighted by Gasteiger charge is -2.11. The molecule has 2 heterocycles. The first-order chi connectivity index (χ1) is 11.5.